The number of Topliss-reactive ketones (excluding diaryl/α,β-unsaturated/α-hetero) is 1. The number of halogens is 1. The number of fused-ring (bicyclic) bond motifs is 4. The van der Waals surface area contributed by atoms with E-state index in [1.54, 1.807) is 12.4 Å². The molecular weight excluding hydrogens is 366 g/mol. The third kappa shape index (κ3) is 2.58. The second kappa shape index (κ2) is 5.96. The molecule has 1 aliphatic carbocycles. The van der Waals surface area contributed by atoms with E-state index in [1.807, 2.05) is 24.3 Å². The number of aliphatic imine (C=N–C) groups is 1. The van der Waals surface area contributed by atoms with Gasteiger partial charge in [0, 0.05) is 42.3 Å². The van der Waals surface area contributed by atoms with Crippen LogP contribution in [0.4, 0.5) is 0 Å². The summed E-state index contributed by atoms with van der Waals surface area (Å²) in [5.74, 6) is 0.921. The predicted molar refractivity (Wildman–Crippen MR) is 101 cm³/mol. The lowest BCUT2D eigenvalue weighted by Gasteiger charge is -2.45. The highest BCUT2D eigenvalue weighted by Gasteiger charge is 2.55. The van der Waals surface area contributed by atoms with Gasteiger partial charge in [0.1, 0.15) is 29.8 Å². The van der Waals surface area contributed by atoms with Gasteiger partial charge in [-0.3, -0.25) is 9.78 Å². The van der Waals surface area contributed by atoms with Crippen molar-refractivity contribution in [2.24, 2.45) is 16.6 Å². The van der Waals surface area contributed by atoms with Crippen LogP contribution in [0.15, 0.2) is 41.7 Å². The van der Waals surface area contributed by atoms with Crippen molar-refractivity contribution in [2.75, 3.05) is 6.61 Å². The van der Waals surface area contributed by atoms with Crippen LogP contribution in [-0.4, -0.2) is 29.5 Å². The molecule has 2 N–H and O–H groups in total. The van der Waals surface area contributed by atoms with Crippen molar-refractivity contribution in [2.45, 2.75) is 30.9 Å². The number of carbonyl (C=O) groups is 1. The average Bonchev–Trinajstić information content (AvgIpc) is 3.05. The molecule has 2 aliphatic heterocycles. The Morgan fingerprint density at radius 1 is 1.22 bits per heavy atom. The van der Waals surface area contributed by atoms with E-state index in [0.717, 1.165) is 22.4 Å². The van der Waals surface area contributed by atoms with Crippen molar-refractivity contribution in [1.29, 1.82) is 0 Å². The molecule has 3 atom stereocenters. The number of nitrogens with two attached hydrogens (primary N) is 1. The molecule has 1 aromatic heterocycles. The van der Waals surface area contributed by atoms with E-state index < -0.39 is 5.54 Å². The number of hydrogen-bond acceptors (Lipinski definition) is 6. The molecule has 5 rings (SSSR count). The monoisotopic (exact) mass is 383 g/mol. The number of hydrogen-bond donors (Lipinski definition) is 1. The van der Waals surface area contributed by atoms with Crippen LogP contribution in [-0.2, 0) is 15.1 Å². The average molecular weight is 384 g/mol. The number of ketones is 1. The molecule has 0 amide bonds. The zero-order valence-electron chi connectivity index (χ0n) is 14.5. The SMILES string of the molecule is NC1=NC2(CO1)c1cc(-c3cncc(Cl)c3)ccc1OC1CCC(=O)CC12. The van der Waals surface area contributed by atoms with Gasteiger partial charge in [0.25, 0.3) is 6.02 Å². The van der Waals surface area contributed by atoms with Crippen molar-refractivity contribution in [1.82, 2.24) is 4.98 Å². The summed E-state index contributed by atoms with van der Waals surface area (Å²) in [4.78, 5) is 21.0. The zero-order chi connectivity index (χ0) is 18.6. The summed E-state index contributed by atoms with van der Waals surface area (Å²) >= 11 is 6.10. The number of pyridine rings is 1. The first-order valence-corrected chi connectivity index (χ1v) is 9.35. The van der Waals surface area contributed by atoms with Gasteiger partial charge in [0.05, 0.1) is 5.02 Å². The molecule has 6 nitrogen and oxygen atoms in total. The van der Waals surface area contributed by atoms with Gasteiger partial charge in [-0.05, 0) is 30.2 Å². The van der Waals surface area contributed by atoms with Gasteiger partial charge in [-0.15, -0.1) is 0 Å². The Hall–Kier alpha value is -2.60. The number of aromatic nitrogens is 1. The number of rotatable bonds is 1. The van der Waals surface area contributed by atoms with Crippen LogP contribution in [0.5, 0.6) is 5.75 Å². The summed E-state index contributed by atoms with van der Waals surface area (Å²) in [7, 11) is 0. The molecule has 138 valence electrons. The minimum Gasteiger partial charge on any atom is -0.490 e. The maximum Gasteiger partial charge on any atom is 0.283 e. The fraction of sp³-hybridized carbons (Fsp3) is 0.350. The van der Waals surface area contributed by atoms with E-state index >= 15 is 0 Å². The van der Waals surface area contributed by atoms with Crippen LogP contribution >= 0.6 is 11.6 Å². The summed E-state index contributed by atoms with van der Waals surface area (Å²) in [6.45, 7) is 0.320. The molecule has 7 heteroatoms. The molecule has 27 heavy (non-hydrogen) atoms. The molecule has 3 unspecified atom stereocenters. The second-order valence-corrected chi connectivity index (χ2v) is 7.75. The molecule has 1 aromatic carbocycles. The first-order valence-electron chi connectivity index (χ1n) is 8.97. The summed E-state index contributed by atoms with van der Waals surface area (Å²) in [5, 5.41) is 0.570. The minimum absolute atomic E-state index is 0.0628. The summed E-state index contributed by atoms with van der Waals surface area (Å²) in [6, 6.07) is 7.99. The van der Waals surface area contributed by atoms with Gasteiger partial charge in [0.15, 0.2) is 0 Å². The van der Waals surface area contributed by atoms with E-state index in [-0.39, 0.29) is 23.8 Å². The van der Waals surface area contributed by atoms with Crippen molar-refractivity contribution in [3.8, 4) is 16.9 Å². The van der Waals surface area contributed by atoms with Crippen LogP contribution in [0.25, 0.3) is 11.1 Å². The number of ether oxygens (including phenoxy) is 2. The van der Waals surface area contributed by atoms with E-state index in [9.17, 15) is 4.79 Å². The Morgan fingerprint density at radius 2 is 2.11 bits per heavy atom. The largest absolute Gasteiger partial charge is 0.490 e. The van der Waals surface area contributed by atoms with Crippen molar-refractivity contribution >= 4 is 23.4 Å². The number of carbonyl (C=O) groups excluding carboxylic acids is 1. The van der Waals surface area contributed by atoms with Gasteiger partial charge in [-0.25, -0.2) is 4.99 Å². The smallest absolute Gasteiger partial charge is 0.283 e. The van der Waals surface area contributed by atoms with Crippen LogP contribution in [0.2, 0.25) is 5.02 Å². The number of nitrogens with zero attached hydrogens (tertiary/aromatic N) is 2. The summed E-state index contributed by atoms with van der Waals surface area (Å²) in [6.07, 6.45) is 4.96. The Morgan fingerprint density at radius 3 is 2.89 bits per heavy atom. The molecule has 0 saturated heterocycles. The first kappa shape index (κ1) is 16.6. The van der Waals surface area contributed by atoms with Gasteiger partial charge in [-0.1, -0.05) is 17.7 Å². The molecule has 0 radical (unpaired) electrons. The number of amidine groups is 1. The zero-order valence-corrected chi connectivity index (χ0v) is 15.3. The minimum atomic E-state index is -0.694. The van der Waals surface area contributed by atoms with E-state index in [1.165, 1.54) is 0 Å². The van der Waals surface area contributed by atoms with Crippen LogP contribution in [0, 0.1) is 5.92 Å². The molecule has 3 aliphatic rings. The molecule has 1 fully saturated rings. The highest BCUT2D eigenvalue weighted by Crippen LogP contribution is 2.52. The summed E-state index contributed by atoms with van der Waals surface area (Å²) in [5.41, 5.74) is 7.96. The fourth-order valence-corrected chi connectivity index (χ4v) is 4.63. The third-order valence-electron chi connectivity index (χ3n) is 5.73. The molecule has 1 saturated carbocycles. The van der Waals surface area contributed by atoms with E-state index in [2.05, 4.69) is 4.98 Å². The highest BCUT2D eigenvalue weighted by atomic mass is 35.5. The van der Waals surface area contributed by atoms with Gasteiger partial charge in [-0.2, -0.15) is 0 Å². The van der Waals surface area contributed by atoms with Crippen molar-refractivity contribution in [3.63, 3.8) is 0 Å². The Labute approximate surface area is 161 Å². The predicted octanol–water partition coefficient (Wildman–Crippen LogP) is 3.07. The first-order chi connectivity index (χ1) is 13.0. The molecule has 3 heterocycles. The van der Waals surface area contributed by atoms with Gasteiger partial charge in [0.2, 0.25) is 0 Å². The Bertz CT molecular complexity index is 977. The second-order valence-electron chi connectivity index (χ2n) is 7.31. The van der Waals surface area contributed by atoms with Gasteiger partial charge < -0.3 is 15.2 Å². The third-order valence-corrected chi connectivity index (χ3v) is 5.94. The lowest BCUT2D eigenvalue weighted by Crippen LogP contribution is -2.51. The van der Waals surface area contributed by atoms with Crippen LogP contribution < -0.4 is 10.5 Å². The molecular formula is C20H18ClN3O3. The van der Waals surface area contributed by atoms with Crippen LogP contribution in [0.1, 0.15) is 24.8 Å². The topological polar surface area (TPSA) is 86.8 Å². The van der Waals surface area contributed by atoms with Gasteiger partial charge >= 0.3 is 0 Å². The van der Waals surface area contributed by atoms with E-state index in [0.29, 0.717) is 30.9 Å². The number of benzene rings is 1. The van der Waals surface area contributed by atoms with E-state index in [4.69, 9.17) is 31.8 Å². The molecule has 1 spiro atoms. The Kier molecular flexibility index (Phi) is 3.65. The quantitative estimate of drug-likeness (QED) is 0.817. The normalized spacial score (nSPS) is 28.8. The fourth-order valence-electron chi connectivity index (χ4n) is 4.46. The molecule has 2 aromatic rings. The van der Waals surface area contributed by atoms with Crippen molar-refractivity contribution in [3.05, 3.63) is 47.2 Å². The van der Waals surface area contributed by atoms with Crippen molar-refractivity contribution < 1.29 is 14.3 Å². The summed E-state index contributed by atoms with van der Waals surface area (Å²) < 4.78 is 11.8. The molecule has 0 bridgehead atoms. The lowest BCUT2D eigenvalue weighted by atomic mass is 9.68. The van der Waals surface area contributed by atoms with Crippen LogP contribution in [0.3, 0.4) is 0 Å². The lowest BCUT2D eigenvalue weighted by molar-refractivity contribution is -0.126. The standard InChI is InChI=1S/C20H18ClN3O3/c21-13-5-12(8-23-9-13)11-1-3-17-15(6-11)20(10-26-19(22)24-20)16-7-14(25)2-4-18(16)27-17/h1,3,5-6,8-9,16,18H,2,4,7,10H2,(H2,22,24). The maximum absolute atomic E-state index is 12.2. The Balaban J connectivity index is 1.67. The highest BCUT2D eigenvalue weighted by molar-refractivity contribution is 6.30. The maximum atomic E-state index is 12.2.